The molecule has 0 radical (unpaired) electrons. The molecule has 1 saturated heterocycles. The normalized spacial score (nSPS) is 15.9. The quantitative estimate of drug-likeness (QED) is 0.507. The second-order valence-corrected chi connectivity index (χ2v) is 5.29. The number of hydrogen-bond acceptors (Lipinski definition) is 2. The van der Waals surface area contributed by atoms with Gasteiger partial charge in [0.2, 0.25) is 0 Å². The van der Waals surface area contributed by atoms with Crippen LogP contribution in [0.5, 0.6) is 0 Å². The van der Waals surface area contributed by atoms with Crippen LogP contribution in [0.15, 0.2) is 29.2 Å². The molecule has 2 rings (SSSR count). The number of thioether (sulfide) groups is 1. The molecular formula is C13H17FN2S. The Hall–Kier alpha value is -1.03. The van der Waals surface area contributed by atoms with E-state index in [-0.39, 0.29) is 5.82 Å². The van der Waals surface area contributed by atoms with E-state index in [1.807, 2.05) is 0 Å². The van der Waals surface area contributed by atoms with Crippen molar-refractivity contribution in [3.05, 3.63) is 30.1 Å². The number of nitrogens with one attached hydrogen (secondary N) is 1. The first-order chi connectivity index (χ1) is 8.25. The molecule has 1 aromatic rings. The molecule has 17 heavy (non-hydrogen) atoms. The monoisotopic (exact) mass is 252 g/mol. The highest BCUT2D eigenvalue weighted by molar-refractivity contribution is 8.00. The van der Waals surface area contributed by atoms with Crippen LogP contribution in [0.4, 0.5) is 4.39 Å². The van der Waals surface area contributed by atoms with Crippen molar-refractivity contribution < 1.29 is 4.39 Å². The maximum absolute atomic E-state index is 12.7. The predicted molar refractivity (Wildman–Crippen MR) is 70.3 cm³/mol. The number of nitrogens with zero attached hydrogens (tertiary/aromatic N) is 1. The molecule has 92 valence electrons. The Labute approximate surface area is 106 Å². The molecule has 0 amide bonds. The van der Waals surface area contributed by atoms with Crippen LogP contribution in [0.2, 0.25) is 0 Å². The predicted octanol–water partition coefficient (Wildman–Crippen LogP) is 3.38. The fourth-order valence-corrected chi connectivity index (χ4v) is 2.75. The number of likely N-dealkylation sites (tertiary alicyclic amines) is 1. The van der Waals surface area contributed by atoms with Gasteiger partial charge in [-0.2, -0.15) is 0 Å². The highest BCUT2D eigenvalue weighted by Crippen LogP contribution is 2.19. The van der Waals surface area contributed by atoms with E-state index in [2.05, 4.69) is 4.90 Å². The molecule has 0 bridgehead atoms. The topological polar surface area (TPSA) is 27.1 Å². The molecule has 1 aromatic carbocycles. The van der Waals surface area contributed by atoms with Crippen LogP contribution in [0, 0.1) is 11.2 Å². The van der Waals surface area contributed by atoms with Crippen LogP contribution >= 0.6 is 11.8 Å². The van der Waals surface area contributed by atoms with Crippen molar-refractivity contribution in [3.8, 4) is 0 Å². The summed E-state index contributed by atoms with van der Waals surface area (Å²) in [7, 11) is 0. The van der Waals surface area contributed by atoms with Gasteiger partial charge in [0, 0.05) is 18.0 Å². The smallest absolute Gasteiger partial charge is 0.123 e. The lowest BCUT2D eigenvalue weighted by atomic mass is 10.1. The number of rotatable bonds is 3. The Bertz CT molecular complexity index is 372. The maximum Gasteiger partial charge on any atom is 0.123 e. The zero-order chi connectivity index (χ0) is 12.1. The third-order valence-electron chi connectivity index (χ3n) is 2.93. The molecular weight excluding hydrogens is 235 g/mol. The van der Waals surface area contributed by atoms with E-state index in [4.69, 9.17) is 5.41 Å². The average Bonchev–Trinajstić information content (AvgIpc) is 2.39. The third kappa shape index (κ3) is 3.73. The largest absolute Gasteiger partial charge is 0.360 e. The van der Waals surface area contributed by atoms with E-state index in [9.17, 15) is 4.39 Å². The van der Waals surface area contributed by atoms with Gasteiger partial charge in [0.1, 0.15) is 11.7 Å². The molecule has 1 N–H and O–H groups in total. The summed E-state index contributed by atoms with van der Waals surface area (Å²) in [6.45, 7) is 2.03. The molecule has 0 aromatic heterocycles. The highest BCUT2D eigenvalue weighted by Gasteiger charge is 2.13. The van der Waals surface area contributed by atoms with Crippen LogP contribution in [0.25, 0.3) is 0 Å². The average molecular weight is 252 g/mol. The minimum absolute atomic E-state index is 0.208. The minimum atomic E-state index is -0.208. The summed E-state index contributed by atoms with van der Waals surface area (Å²) in [6, 6.07) is 6.46. The fraction of sp³-hybridized carbons (Fsp3) is 0.462. The number of benzene rings is 1. The molecule has 1 heterocycles. The van der Waals surface area contributed by atoms with Crippen molar-refractivity contribution in [2.75, 3.05) is 18.8 Å². The summed E-state index contributed by atoms with van der Waals surface area (Å²) in [6.07, 6.45) is 3.68. The molecule has 2 nitrogen and oxygen atoms in total. The first kappa shape index (κ1) is 12.4. The zero-order valence-corrected chi connectivity index (χ0v) is 10.6. The minimum Gasteiger partial charge on any atom is -0.360 e. The van der Waals surface area contributed by atoms with Crippen LogP contribution in [-0.4, -0.2) is 29.6 Å². The molecule has 4 heteroatoms. The Balaban J connectivity index is 1.81. The van der Waals surface area contributed by atoms with Crippen LogP contribution < -0.4 is 0 Å². The van der Waals surface area contributed by atoms with Crippen molar-refractivity contribution >= 4 is 17.6 Å². The summed E-state index contributed by atoms with van der Waals surface area (Å²) in [4.78, 5) is 3.17. The van der Waals surface area contributed by atoms with E-state index in [0.29, 0.717) is 11.6 Å². The van der Waals surface area contributed by atoms with Crippen molar-refractivity contribution in [1.82, 2.24) is 4.90 Å². The molecule has 0 unspecified atom stereocenters. The van der Waals surface area contributed by atoms with E-state index >= 15 is 0 Å². The van der Waals surface area contributed by atoms with Gasteiger partial charge in [-0.1, -0.05) is 0 Å². The van der Waals surface area contributed by atoms with Crippen molar-refractivity contribution in [1.29, 1.82) is 5.41 Å². The molecule has 1 fully saturated rings. The van der Waals surface area contributed by atoms with Crippen LogP contribution in [-0.2, 0) is 0 Å². The zero-order valence-electron chi connectivity index (χ0n) is 9.79. The third-order valence-corrected chi connectivity index (χ3v) is 3.95. The second-order valence-electron chi connectivity index (χ2n) is 4.24. The van der Waals surface area contributed by atoms with Crippen LogP contribution in [0.3, 0.4) is 0 Å². The standard InChI is InChI=1S/C13H17FN2S/c14-11-4-6-12(7-5-11)17-10-13(15)16-8-2-1-3-9-16/h4-7,15H,1-3,8-10H2. The van der Waals surface area contributed by atoms with E-state index in [1.54, 1.807) is 23.9 Å². The van der Waals surface area contributed by atoms with Gasteiger partial charge in [0.25, 0.3) is 0 Å². The number of hydrogen-bond donors (Lipinski definition) is 1. The van der Waals surface area contributed by atoms with Crippen molar-refractivity contribution in [3.63, 3.8) is 0 Å². The second kappa shape index (κ2) is 6.05. The Morgan fingerprint density at radius 2 is 1.82 bits per heavy atom. The molecule has 0 atom stereocenters. The molecule has 1 aliphatic heterocycles. The summed E-state index contributed by atoms with van der Waals surface area (Å²) in [5.74, 6) is 1.16. The van der Waals surface area contributed by atoms with E-state index in [0.717, 1.165) is 18.0 Å². The SMILES string of the molecule is N=C(CSc1ccc(F)cc1)N1CCCCC1. The van der Waals surface area contributed by atoms with Gasteiger partial charge in [-0.3, -0.25) is 5.41 Å². The van der Waals surface area contributed by atoms with Crippen molar-refractivity contribution in [2.24, 2.45) is 0 Å². The molecule has 1 aliphatic rings. The maximum atomic E-state index is 12.7. The lowest BCUT2D eigenvalue weighted by Crippen LogP contribution is -2.36. The number of amidine groups is 1. The van der Waals surface area contributed by atoms with E-state index < -0.39 is 0 Å². The van der Waals surface area contributed by atoms with Gasteiger partial charge in [-0.05, 0) is 43.5 Å². The van der Waals surface area contributed by atoms with Gasteiger partial charge in [0.15, 0.2) is 0 Å². The van der Waals surface area contributed by atoms with Gasteiger partial charge < -0.3 is 4.90 Å². The van der Waals surface area contributed by atoms with Gasteiger partial charge in [-0.15, -0.1) is 11.8 Å². The Morgan fingerprint density at radius 3 is 2.47 bits per heavy atom. The summed E-state index contributed by atoms with van der Waals surface area (Å²) in [5, 5.41) is 8.01. The summed E-state index contributed by atoms with van der Waals surface area (Å²) in [5.41, 5.74) is 0. The lowest BCUT2D eigenvalue weighted by molar-refractivity contribution is 0.339. The Kier molecular flexibility index (Phi) is 4.42. The highest BCUT2D eigenvalue weighted by atomic mass is 32.2. The number of halogens is 1. The first-order valence-corrected chi connectivity index (χ1v) is 6.95. The van der Waals surface area contributed by atoms with Gasteiger partial charge in [-0.25, -0.2) is 4.39 Å². The van der Waals surface area contributed by atoms with Gasteiger partial charge >= 0.3 is 0 Å². The van der Waals surface area contributed by atoms with Gasteiger partial charge in [0.05, 0.1) is 5.75 Å². The van der Waals surface area contributed by atoms with E-state index in [1.165, 1.54) is 31.4 Å². The molecule has 0 saturated carbocycles. The van der Waals surface area contributed by atoms with Crippen LogP contribution in [0.1, 0.15) is 19.3 Å². The Morgan fingerprint density at radius 1 is 1.18 bits per heavy atom. The summed E-state index contributed by atoms with van der Waals surface area (Å²) < 4.78 is 12.7. The lowest BCUT2D eigenvalue weighted by Gasteiger charge is -2.28. The first-order valence-electron chi connectivity index (χ1n) is 5.96. The van der Waals surface area contributed by atoms with Crippen molar-refractivity contribution in [2.45, 2.75) is 24.2 Å². The molecule has 0 aliphatic carbocycles. The fourth-order valence-electron chi connectivity index (χ4n) is 1.94. The number of piperidine rings is 1. The summed E-state index contributed by atoms with van der Waals surface area (Å²) >= 11 is 1.60. The molecule has 0 spiro atoms.